The molecule has 0 radical (unpaired) electrons. The molecule has 0 aliphatic carbocycles. The lowest BCUT2D eigenvalue weighted by Gasteiger charge is -2.11. The van der Waals surface area contributed by atoms with Crippen molar-refractivity contribution >= 4 is 0 Å². The number of hydrogen-bond donors (Lipinski definition) is 1. The Labute approximate surface area is 73.0 Å². The predicted molar refractivity (Wildman–Crippen MR) is 46.0 cm³/mol. The first kappa shape index (κ1) is 9.71. The second kappa shape index (κ2) is 5.30. The third-order valence-corrected chi connectivity index (χ3v) is 1.94. The van der Waals surface area contributed by atoms with E-state index in [9.17, 15) is 0 Å². The van der Waals surface area contributed by atoms with Gasteiger partial charge < -0.3 is 14.6 Å². The number of rotatable bonds is 5. The van der Waals surface area contributed by atoms with Gasteiger partial charge in [-0.1, -0.05) is 6.08 Å². The van der Waals surface area contributed by atoms with Crippen molar-refractivity contribution in [1.29, 1.82) is 0 Å². The molecule has 1 aliphatic heterocycles. The zero-order valence-corrected chi connectivity index (χ0v) is 7.24. The SMILES string of the molecule is C=CCOCC1CCC(CO)O1. The molecule has 1 aliphatic rings. The standard InChI is InChI=1S/C9H16O3/c1-2-5-11-7-9-4-3-8(6-10)12-9/h2,8-10H,1,3-7H2. The van der Waals surface area contributed by atoms with Crippen molar-refractivity contribution in [2.24, 2.45) is 0 Å². The van der Waals surface area contributed by atoms with E-state index in [1.165, 1.54) is 0 Å². The van der Waals surface area contributed by atoms with Crippen molar-refractivity contribution in [1.82, 2.24) is 0 Å². The van der Waals surface area contributed by atoms with Gasteiger partial charge >= 0.3 is 0 Å². The highest BCUT2D eigenvalue weighted by Crippen LogP contribution is 2.19. The third kappa shape index (κ3) is 2.93. The maximum Gasteiger partial charge on any atom is 0.0814 e. The van der Waals surface area contributed by atoms with Gasteiger partial charge in [-0.15, -0.1) is 6.58 Å². The maximum absolute atomic E-state index is 8.77. The zero-order chi connectivity index (χ0) is 8.81. The van der Waals surface area contributed by atoms with Gasteiger partial charge in [-0.2, -0.15) is 0 Å². The fourth-order valence-corrected chi connectivity index (χ4v) is 1.32. The van der Waals surface area contributed by atoms with Crippen LogP contribution in [-0.2, 0) is 9.47 Å². The van der Waals surface area contributed by atoms with Crippen molar-refractivity contribution in [3.8, 4) is 0 Å². The van der Waals surface area contributed by atoms with Gasteiger partial charge in [0.05, 0.1) is 32.0 Å². The molecule has 0 saturated carbocycles. The Morgan fingerprint density at radius 2 is 2.25 bits per heavy atom. The first-order chi connectivity index (χ1) is 5.86. The summed E-state index contributed by atoms with van der Waals surface area (Å²) in [5, 5.41) is 8.77. The lowest BCUT2D eigenvalue weighted by atomic mass is 10.2. The molecule has 0 aromatic carbocycles. The molecule has 0 aromatic rings. The molecule has 0 aromatic heterocycles. The van der Waals surface area contributed by atoms with Crippen molar-refractivity contribution in [3.63, 3.8) is 0 Å². The Morgan fingerprint density at radius 3 is 2.83 bits per heavy atom. The molecule has 0 bridgehead atoms. The van der Waals surface area contributed by atoms with Crippen LogP contribution in [0.1, 0.15) is 12.8 Å². The number of hydrogen-bond acceptors (Lipinski definition) is 3. The van der Waals surface area contributed by atoms with Crippen LogP contribution in [-0.4, -0.2) is 37.1 Å². The Balaban J connectivity index is 2.06. The topological polar surface area (TPSA) is 38.7 Å². The first-order valence-corrected chi connectivity index (χ1v) is 4.31. The second-order valence-electron chi connectivity index (χ2n) is 2.97. The molecule has 0 spiro atoms. The van der Waals surface area contributed by atoms with Crippen LogP contribution in [0.2, 0.25) is 0 Å². The number of ether oxygens (including phenoxy) is 2. The lowest BCUT2D eigenvalue weighted by molar-refractivity contribution is -0.0267. The third-order valence-electron chi connectivity index (χ3n) is 1.94. The van der Waals surface area contributed by atoms with Gasteiger partial charge in [0.1, 0.15) is 0 Å². The molecular formula is C9H16O3. The predicted octanol–water partition coefficient (Wildman–Crippen LogP) is 0.729. The van der Waals surface area contributed by atoms with Gasteiger partial charge in [0, 0.05) is 0 Å². The van der Waals surface area contributed by atoms with Crippen LogP contribution in [0.25, 0.3) is 0 Å². The van der Waals surface area contributed by atoms with Gasteiger partial charge in [-0.05, 0) is 12.8 Å². The van der Waals surface area contributed by atoms with Crippen LogP contribution >= 0.6 is 0 Å². The smallest absolute Gasteiger partial charge is 0.0814 e. The largest absolute Gasteiger partial charge is 0.394 e. The minimum atomic E-state index is 0.0299. The van der Waals surface area contributed by atoms with E-state index in [-0.39, 0.29) is 18.8 Å². The summed E-state index contributed by atoms with van der Waals surface area (Å²) < 4.78 is 10.7. The molecule has 70 valence electrons. The van der Waals surface area contributed by atoms with Crippen LogP contribution < -0.4 is 0 Å². The van der Waals surface area contributed by atoms with E-state index in [0.29, 0.717) is 13.2 Å². The van der Waals surface area contributed by atoms with E-state index in [4.69, 9.17) is 14.6 Å². The van der Waals surface area contributed by atoms with Crippen molar-refractivity contribution in [3.05, 3.63) is 12.7 Å². The Hall–Kier alpha value is -0.380. The molecule has 2 unspecified atom stereocenters. The fourth-order valence-electron chi connectivity index (χ4n) is 1.32. The summed E-state index contributed by atoms with van der Waals surface area (Å²) in [6.45, 7) is 4.86. The molecular weight excluding hydrogens is 156 g/mol. The van der Waals surface area contributed by atoms with E-state index < -0.39 is 0 Å². The minimum absolute atomic E-state index is 0.0299. The summed E-state index contributed by atoms with van der Waals surface area (Å²) >= 11 is 0. The van der Waals surface area contributed by atoms with E-state index in [0.717, 1.165) is 12.8 Å². The van der Waals surface area contributed by atoms with Crippen LogP contribution in [0, 0.1) is 0 Å². The molecule has 1 rings (SSSR count). The van der Waals surface area contributed by atoms with Crippen molar-refractivity contribution < 1.29 is 14.6 Å². The average molecular weight is 172 g/mol. The minimum Gasteiger partial charge on any atom is -0.394 e. The van der Waals surface area contributed by atoms with Gasteiger partial charge in [-0.25, -0.2) is 0 Å². The quantitative estimate of drug-likeness (QED) is 0.491. The van der Waals surface area contributed by atoms with Gasteiger partial charge in [0.25, 0.3) is 0 Å². The molecule has 3 heteroatoms. The molecule has 0 amide bonds. The molecule has 2 atom stereocenters. The van der Waals surface area contributed by atoms with Crippen LogP contribution in [0.4, 0.5) is 0 Å². The number of aliphatic hydroxyl groups is 1. The maximum atomic E-state index is 8.77. The molecule has 3 nitrogen and oxygen atoms in total. The van der Waals surface area contributed by atoms with E-state index in [1.807, 2.05) is 0 Å². The van der Waals surface area contributed by atoms with Gasteiger partial charge in [-0.3, -0.25) is 0 Å². The van der Waals surface area contributed by atoms with Crippen LogP contribution in [0.3, 0.4) is 0 Å². The molecule has 1 saturated heterocycles. The van der Waals surface area contributed by atoms with Crippen molar-refractivity contribution in [2.75, 3.05) is 19.8 Å². The normalized spacial score (nSPS) is 29.1. The highest BCUT2D eigenvalue weighted by Gasteiger charge is 2.24. The Kier molecular flexibility index (Phi) is 4.29. The number of aliphatic hydroxyl groups excluding tert-OH is 1. The molecule has 12 heavy (non-hydrogen) atoms. The summed E-state index contributed by atoms with van der Waals surface area (Å²) in [6, 6.07) is 0. The summed E-state index contributed by atoms with van der Waals surface area (Å²) in [7, 11) is 0. The van der Waals surface area contributed by atoms with E-state index in [2.05, 4.69) is 6.58 Å². The molecule has 1 fully saturated rings. The van der Waals surface area contributed by atoms with E-state index in [1.54, 1.807) is 6.08 Å². The zero-order valence-electron chi connectivity index (χ0n) is 7.24. The summed E-state index contributed by atoms with van der Waals surface area (Å²) in [4.78, 5) is 0. The molecule has 1 N–H and O–H groups in total. The Bertz CT molecular complexity index is 136. The summed E-state index contributed by atoms with van der Waals surface area (Å²) in [6.07, 6.45) is 3.85. The van der Waals surface area contributed by atoms with Crippen LogP contribution in [0.5, 0.6) is 0 Å². The van der Waals surface area contributed by atoms with Crippen molar-refractivity contribution in [2.45, 2.75) is 25.0 Å². The monoisotopic (exact) mass is 172 g/mol. The van der Waals surface area contributed by atoms with Gasteiger partial charge in [0.15, 0.2) is 0 Å². The summed E-state index contributed by atoms with van der Waals surface area (Å²) in [5.74, 6) is 0. The van der Waals surface area contributed by atoms with Gasteiger partial charge in [0.2, 0.25) is 0 Å². The highest BCUT2D eigenvalue weighted by molar-refractivity contribution is 4.73. The van der Waals surface area contributed by atoms with Crippen LogP contribution in [0.15, 0.2) is 12.7 Å². The molecule has 1 heterocycles. The lowest BCUT2D eigenvalue weighted by Crippen LogP contribution is -2.18. The average Bonchev–Trinajstić information content (AvgIpc) is 2.53. The fraction of sp³-hybridized carbons (Fsp3) is 0.778. The second-order valence-corrected chi connectivity index (χ2v) is 2.97. The summed E-state index contributed by atoms with van der Waals surface area (Å²) in [5.41, 5.74) is 0. The highest BCUT2D eigenvalue weighted by atomic mass is 16.5. The van der Waals surface area contributed by atoms with E-state index >= 15 is 0 Å². The first-order valence-electron chi connectivity index (χ1n) is 4.31. The Morgan fingerprint density at radius 1 is 1.50 bits per heavy atom.